The smallest absolute Gasteiger partial charge is 0.252 e. The highest BCUT2D eigenvalue weighted by molar-refractivity contribution is 6.07. The van der Waals surface area contributed by atoms with E-state index in [1.807, 2.05) is 45.0 Å². The Balaban J connectivity index is 2.37. The average Bonchev–Trinajstić information content (AvgIpc) is 2.59. The van der Waals surface area contributed by atoms with Gasteiger partial charge in [0.2, 0.25) is 5.91 Å². The first-order valence-corrected chi connectivity index (χ1v) is 8.22. The lowest BCUT2D eigenvalue weighted by molar-refractivity contribution is -0.118. The largest absolute Gasteiger partial charge is 0.352 e. The zero-order valence-electron chi connectivity index (χ0n) is 14.3. The number of carbonyl (C=O) groups is 2. The molecule has 24 heavy (non-hydrogen) atoms. The summed E-state index contributed by atoms with van der Waals surface area (Å²) in [5, 5.41) is 6.26. The Bertz CT molecular complexity index is 745. The van der Waals surface area contributed by atoms with E-state index in [1.54, 1.807) is 6.07 Å². The maximum absolute atomic E-state index is 12.3. The van der Waals surface area contributed by atoms with E-state index in [2.05, 4.69) is 15.6 Å². The highest BCUT2D eigenvalue weighted by Crippen LogP contribution is 2.21. The molecule has 0 aliphatic rings. The summed E-state index contributed by atoms with van der Waals surface area (Å²) >= 11 is 0. The van der Waals surface area contributed by atoms with E-state index in [-0.39, 0.29) is 17.7 Å². The molecule has 2 rings (SSSR count). The number of hydrogen-bond acceptors (Lipinski definition) is 4. The summed E-state index contributed by atoms with van der Waals surface area (Å²) < 4.78 is 0. The normalized spacial score (nSPS) is 13.3. The number of amides is 2. The predicted octanol–water partition coefficient (Wildman–Crippen LogP) is 2.30. The van der Waals surface area contributed by atoms with Gasteiger partial charge in [-0.05, 0) is 25.0 Å². The highest BCUT2D eigenvalue weighted by Gasteiger charge is 2.21. The first-order valence-electron chi connectivity index (χ1n) is 8.22. The van der Waals surface area contributed by atoms with Gasteiger partial charge in [-0.3, -0.25) is 9.59 Å². The minimum atomic E-state index is -0.615. The molecule has 2 atom stereocenters. The van der Waals surface area contributed by atoms with Crippen LogP contribution in [0.15, 0.2) is 30.3 Å². The van der Waals surface area contributed by atoms with Crippen molar-refractivity contribution in [2.75, 3.05) is 11.9 Å². The number of nitrogens with two attached hydrogens (primary N) is 1. The molecule has 1 heterocycles. The standard InChI is InChI=1S/C18H24N4O2/c1-4-11(3)16(19)18(24)22-15-10-13(17(23)20-5-2)12-8-6-7-9-14(12)21-15/h6-11,16H,4-5,19H2,1-3H3,(H,20,23)(H,21,22,24). The average molecular weight is 328 g/mol. The van der Waals surface area contributed by atoms with Crippen LogP contribution in [-0.4, -0.2) is 29.4 Å². The molecule has 1 aromatic carbocycles. The Morgan fingerprint density at radius 2 is 1.96 bits per heavy atom. The summed E-state index contributed by atoms with van der Waals surface area (Å²) in [5.41, 5.74) is 7.09. The monoisotopic (exact) mass is 328 g/mol. The molecule has 6 nitrogen and oxygen atoms in total. The maximum Gasteiger partial charge on any atom is 0.252 e. The van der Waals surface area contributed by atoms with Gasteiger partial charge < -0.3 is 16.4 Å². The SMILES string of the molecule is CCNC(=O)c1cc(NC(=O)C(N)C(C)CC)nc2ccccc12. The Morgan fingerprint density at radius 3 is 2.62 bits per heavy atom. The first kappa shape index (κ1) is 17.9. The quantitative estimate of drug-likeness (QED) is 0.758. The van der Waals surface area contributed by atoms with Crippen LogP contribution in [0, 0.1) is 5.92 Å². The fraction of sp³-hybridized carbons (Fsp3) is 0.389. The third kappa shape index (κ3) is 3.89. The molecule has 2 aromatic rings. The fourth-order valence-electron chi connectivity index (χ4n) is 2.40. The van der Waals surface area contributed by atoms with Crippen LogP contribution in [0.4, 0.5) is 5.82 Å². The summed E-state index contributed by atoms with van der Waals surface area (Å²) in [6.45, 7) is 6.29. The lowest BCUT2D eigenvalue weighted by Gasteiger charge is -2.18. The van der Waals surface area contributed by atoms with Gasteiger partial charge in [0, 0.05) is 11.9 Å². The second kappa shape index (κ2) is 7.88. The molecule has 2 unspecified atom stereocenters. The second-order valence-corrected chi connectivity index (χ2v) is 5.83. The topological polar surface area (TPSA) is 97.1 Å². The van der Waals surface area contributed by atoms with Crippen LogP contribution in [0.3, 0.4) is 0 Å². The predicted molar refractivity (Wildman–Crippen MR) is 95.8 cm³/mol. The molecule has 6 heteroatoms. The molecule has 0 aliphatic carbocycles. The van der Waals surface area contributed by atoms with Crippen LogP contribution < -0.4 is 16.4 Å². The van der Waals surface area contributed by atoms with Crippen molar-refractivity contribution in [1.29, 1.82) is 0 Å². The van der Waals surface area contributed by atoms with Crippen molar-refractivity contribution in [1.82, 2.24) is 10.3 Å². The molecular formula is C18H24N4O2. The summed E-state index contributed by atoms with van der Waals surface area (Å²) in [6.07, 6.45) is 0.809. The fourth-order valence-corrected chi connectivity index (χ4v) is 2.40. The summed E-state index contributed by atoms with van der Waals surface area (Å²) in [4.78, 5) is 29.0. The van der Waals surface area contributed by atoms with Gasteiger partial charge >= 0.3 is 0 Å². The number of benzene rings is 1. The number of rotatable bonds is 6. The van der Waals surface area contributed by atoms with E-state index in [0.717, 1.165) is 11.8 Å². The van der Waals surface area contributed by atoms with Crippen molar-refractivity contribution < 1.29 is 9.59 Å². The van der Waals surface area contributed by atoms with Gasteiger partial charge in [-0.1, -0.05) is 38.5 Å². The third-order valence-electron chi connectivity index (χ3n) is 4.11. The van der Waals surface area contributed by atoms with Crippen molar-refractivity contribution in [2.24, 2.45) is 11.7 Å². The molecule has 1 aromatic heterocycles. The molecule has 0 bridgehead atoms. The Morgan fingerprint density at radius 1 is 1.25 bits per heavy atom. The van der Waals surface area contributed by atoms with Crippen molar-refractivity contribution in [3.05, 3.63) is 35.9 Å². The number of anilines is 1. The van der Waals surface area contributed by atoms with Crippen molar-refractivity contribution in [3.8, 4) is 0 Å². The summed E-state index contributed by atoms with van der Waals surface area (Å²) in [7, 11) is 0. The van der Waals surface area contributed by atoms with Gasteiger partial charge in [-0.15, -0.1) is 0 Å². The Hall–Kier alpha value is -2.47. The molecule has 0 spiro atoms. The number of fused-ring (bicyclic) bond motifs is 1. The van der Waals surface area contributed by atoms with E-state index in [9.17, 15) is 9.59 Å². The molecule has 0 aliphatic heterocycles. The zero-order chi connectivity index (χ0) is 17.7. The van der Waals surface area contributed by atoms with Crippen LogP contribution in [0.5, 0.6) is 0 Å². The van der Waals surface area contributed by atoms with Gasteiger partial charge in [-0.25, -0.2) is 4.98 Å². The minimum absolute atomic E-state index is 0.0633. The lowest BCUT2D eigenvalue weighted by atomic mass is 9.99. The number of hydrogen-bond donors (Lipinski definition) is 3. The van der Waals surface area contributed by atoms with E-state index < -0.39 is 6.04 Å². The van der Waals surface area contributed by atoms with Crippen molar-refractivity contribution >= 4 is 28.5 Å². The van der Waals surface area contributed by atoms with Crippen LogP contribution in [-0.2, 0) is 4.79 Å². The molecular weight excluding hydrogens is 304 g/mol. The van der Waals surface area contributed by atoms with Gasteiger partial charge in [0.25, 0.3) is 5.91 Å². The molecule has 2 amide bonds. The highest BCUT2D eigenvalue weighted by atomic mass is 16.2. The van der Waals surface area contributed by atoms with Gasteiger partial charge in [0.1, 0.15) is 5.82 Å². The van der Waals surface area contributed by atoms with Crippen molar-refractivity contribution in [3.63, 3.8) is 0 Å². The number of pyridine rings is 1. The Kier molecular flexibility index (Phi) is 5.87. The van der Waals surface area contributed by atoms with Crippen LogP contribution in [0.1, 0.15) is 37.6 Å². The molecule has 4 N–H and O–H groups in total. The van der Waals surface area contributed by atoms with Gasteiger partial charge in [0.15, 0.2) is 0 Å². The minimum Gasteiger partial charge on any atom is -0.352 e. The summed E-state index contributed by atoms with van der Waals surface area (Å²) in [6, 6.07) is 8.31. The first-order chi connectivity index (χ1) is 11.5. The van der Waals surface area contributed by atoms with Gasteiger partial charge in [-0.2, -0.15) is 0 Å². The number of aromatic nitrogens is 1. The molecule has 0 radical (unpaired) electrons. The maximum atomic E-state index is 12.3. The van der Waals surface area contributed by atoms with Crippen molar-refractivity contribution in [2.45, 2.75) is 33.2 Å². The zero-order valence-corrected chi connectivity index (χ0v) is 14.3. The number of carbonyl (C=O) groups excluding carboxylic acids is 2. The van der Waals surface area contributed by atoms with Crippen LogP contribution in [0.2, 0.25) is 0 Å². The number of para-hydroxylation sites is 1. The third-order valence-corrected chi connectivity index (χ3v) is 4.11. The van der Waals surface area contributed by atoms with Crippen LogP contribution in [0.25, 0.3) is 10.9 Å². The van der Waals surface area contributed by atoms with E-state index in [0.29, 0.717) is 23.4 Å². The number of nitrogens with zero attached hydrogens (tertiary/aromatic N) is 1. The van der Waals surface area contributed by atoms with E-state index in [4.69, 9.17) is 5.73 Å². The lowest BCUT2D eigenvalue weighted by Crippen LogP contribution is -2.40. The molecule has 0 saturated heterocycles. The molecule has 0 saturated carbocycles. The molecule has 0 fully saturated rings. The second-order valence-electron chi connectivity index (χ2n) is 5.83. The van der Waals surface area contributed by atoms with Crippen LogP contribution >= 0.6 is 0 Å². The van der Waals surface area contributed by atoms with E-state index in [1.165, 1.54) is 0 Å². The summed E-state index contributed by atoms with van der Waals surface area (Å²) in [5.74, 6) is -0.0983. The Labute approximate surface area is 141 Å². The number of nitrogens with one attached hydrogen (secondary N) is 2. The van der Waals surface area contributed by atoms with Gasteiger partial charge in [0.05, 0.1) is 17.1 Å². The van der Waals surface area contributed by atoms with E-state index >= 15 is 0 Å². The molecule has 128 valence electrons.